The van der Waals surface area contributed by atoms with E-state index in [1.807, 2.05) is 0 Å². The Hall–Kier alpha value is -0.900. The minimum absolute atomic E-state index is 0.178. The second-order valence-electron chi connectivity index (χ2n) is 5.13. The van der Waals surface area contributed by atoms with Gasteiger partial charge in [0.1, 0.15) is 0 Å². The Bertz CT molecular complexity index is 378. The van der Waals surface area contributed by atoms with Gasteiger partial charge in [-0.15, -0.1) is 0 Å². The van der Waals surface area contributed by atoms with Crippen molar-refractivity contribution in [1.29, 1.82) is 0 Å². The normalized spacial score (nSPS) is 23.1. The second kappa shape index (κ2) is 5.17. The SMILES string of the molecule is CN(C)CCNC1(CO)CCc2ccccc21. The molecule has 0 heterocycles. The first-order valence-electron chi connectivity index (χ1n) is 6.27. The molecule has 1 aromatic carbocycles. The fourth-order valence-electron chi connectivity index (χ4n) is 2.61. The number of aryl methyl sites for hydroxylation is 1. The van der Waals surface area contributed by atoms with Crippen molar-refractivity contribution in [1.82, 2.24) is 10.2 Å². The maximum absolute atomic E-state index is 9.75. The first-order chi connectivity index (χ1) is 8.18. The van der Waals surface area contributed by atoms with Crippen molar-refractivity contribution < 1.29 is 5.11 Å². The van der Waals surface area contributed by atoms with Gasteiger partial charge in [-0.3, -0.25) is 0 Å². The van der Waals surface area contributed by atoms with Crippen molar-refractivity contribution in [2.45, 2.75) is 18.4 Å². The molecule has 0 aromatic heterocycles. The van der Waals surface area contributed by atoms with E-state index in [4.69, 9.17) is 0 Å². The van der Waals surface area contributed by atoms with E-state index in [2.05, 4.69) is 48.6 Å². The Morgan fingerprint density at radius 2 is 2.12 bits per heavy atom. The number of likely N-dealkylation sites (N-methyl/N-ethyl adjacent to an activating group) is 1. The first kappa shape index (κ1) is 12.6. The van der Waals surface area contributed by atoms with Crippen LogP contribution in [0.4, 0.5) is 0 Å². The maximum Gasteiger partial charge on any atom is 0.0675 e. The van der Waals surface area contributed by atoms with Gasteiger partial charge in [-0.05, 0) is 38.1 Å². The van der Waals surface area contributed by atoms with Crippen LogP contribution in [0, 0.1) is 0 Å². The van der Waals surface area contributed by atoms with E-state index >= 15 is 0 Å². The molecule has 0 aliphatic heterocycles. The van der Waals surface area contributed by atoms with Crippen LogP contribution >= 0.6 is 0 Å². The molecule has 1 aliphatic rings. The van der Waals surface area contributed by atoms with Crippen molar-refractivity contribution in [3.8, 4) is 0 Å². The van der Waals surface area contributed by atoms with E-state index < -0.39 is 0 Å². The molecule has 1 aliphatic carbocycles. The van der Waals surface area contributed by atoms with Gasteiger partial charge in [0, 0.05) is 13.1 Å². The topological polar surface area (TPSA) is 35.5 Å². The highest BCUT2D eigenvalue weighted by Gasteiger charge is 2.37. The summed E-state index contributed by atoms with van der Waals surface area (Å²) in [5, 5.41) is 13.3. The van der Waals surface area contributed by atoms with Crippen molar-refractivity contribution >= 4 is 0 Å². The highest BCUT2D eigenvalue weighted by atomic mass is 16.3. The number of nitrogens with one attached hydrogen (secondary N) is 1. The molecule has 1 unspecified atom stereocenters. The van der Waals surface area contributed by atoms with Crippen LogP contribution in [-0.4, -0.2) is 43.8 Å². The summed E-state index contributed by atoms with van der Waals surface area (Å²) in [6.45, 7) is 2.07. The standard InChI is InChI=1S/C14H22N2O/c1-16(2)10-9-15-14(11-17)8-7-12-5-3-4-6-13(12)14/h3-6,15,17H,7-11H2,1-2H3. The van der Waals surface area contributed by atoms with Gasteiger partial charge in [0.15, 0.2) is 0 Å². The van der Waals surface area contributed by atoms with Crippen LogP contribution in [0.15, 0.2) is 24.3 Å². The summed E-state index contributed by atoms with van der Waals surface area (Å²) in [6, 6.07) is 8.44. The summed E-state index contributed by atoms with van der Waals surface area (Å²) >= 11 is 0. The van der Waals surface area contributed by atoms with Crippen LogP contribution in [0.1, 0.15) is 17.5 Å². The molecule has 0 fully saturated rings. The maximum atomic E-state index is 9.75. The van der Waals surface area contributed by atoms with E-state index in [0.29, 0.717) is 0 Å². The van der Waals surface area contributed by atoms with Crippen molar-refractivity contribution in [3.63, 3.8) is 0 Å². The van der Waals surface area contributed by atoms with Crippen LogP contribution in [0.25, 0.3) is 0 Å². The third kappa shape index (κ3) is 2.51. The first-order valence-corrected chi connectivity index (χ1v) is 6.27. The zero-order valence-electron chi connectivity index (χ0n) is 10.7. The summed E-state index contributed by atoms with van der Waals surface area (Å²) in [5.41, 5.74) is 2.44. The predicted molar refractivity (Wildman–Crippen MR) is 70.1 cm³/mol. The van der Waals surface area contributed by atoms with Gasteiger partial charge in [0.2, 0.25) is 0 Å². The zero-order valence-corrected chi connectivity index (χ0v) is 10.7. The fourth-order valence-corrected chi connectivity index (χ4v) is 2.61. The van der Waals surface area contributed by atoms with Gasteiger partial charge < -0.3 is 15.3 Å². The quantitative estimate of drug-likeness (QED) is 0.797. The van der Waals surface area contributed by atoms with E-state index in [0.717, 1.165) is 25.9 Å². The molecule has 17 heavy (non-hydrogen) atoms. The lowest BCUT2D eigenvalue weighted by molar-refractivity contribution is 0.157. The van der Waals surface area contributed by atoms with Crippen LogP contribution < -0.4 is 5.32 Å². The molecule has 1 atom stereocenters. The Morgan fingerprint density at radius 3 is 2.82 bits per heavy atom. The largest absolute Gasteiger partial charge is 0.394 e. The Kier molecular flexibility index (Phi) is 3.82. The molecule has 2 rings (SSSR count). The summed E-state index contributed by atoms with van der Waals surface area (Å²) < 4.78 is 0. The van der Waals surface area contributed by atoms with Gasteiger partial charge in [0.05, 0.1) is 12.1 Å². The molecule has 3 nitrogen and oxygen atoms in total. The third-order valence-corrected chi connectivity index (χ3v) is 3.65. The molecule has 0 bridgehead atoms. The number of hydrogen-bond acceptors (Lipinski definition) is 3. The molecule has 0 spiro atoms. The minimum atomic E-state index is -0.216. The number of aliphatic hydroxyl groups is 1. The fraction of sp³-hybridized carbons (Fsp3) is 0.571. The minimum Gasteiger partial charge on any atom is -0.394 e. The number of aliphatic hydroxyl groups excluding tert-OH is 1. The Labute approximate surface area is 103 Å². The summed E-state index contributed by atoms with van der Waals surface area (Å²) in [6.07, 6.45) is 2.06. The number of hydrogen-bond donors (Lipinski definition) is 2. The lowest BCUT2D eigenvalue weighted by atomic mass is 9.92. The van der Waals surface area contributed by atoms with E-state index in [1.54, 1.807) is 0 Å². The number of nitrogens with zero attached hydrogens (tertiary/aromatic N) is 1. The summed E-state index contributed by atoms with van der Waals surface area (Å²) in [7, 11) is 4.13. The third-order valence-electron chi connectivity index (χ3n) is 3.65. The van der Waals surface area contributed by atoms with Gasteiger partial charge in [-0.2, -0.15) is 0 Å². The van der Waals surface area contributed by atoms with Crippen molar-refractivity contribution in [2.75, 3.05) is 33.8 Å². The van der Waals surface area contributed by atoms with Crippen LogP contribution in [0.2, 0.25) is 0 Å². The highest BCUT2D eigenvalue weighted by Crippen LogP contribution is 2.36. The monoisotopic (exact) mass is 234 g/mol. The van der Waals surface area contributed by atoms with Crippen LogP contribution in [0.5, 0.6) is 0 Å². The van der Waals surface area contributed by atoms with E-state index in [1.165, 1.54) is 11.1 Å². The van der Waals surface area contributed by atoms with Gasteiger partial charge in [-0.1, -0.05) is 24.3 Å². The predicted octanol–water partition coefficient (Wildman–Crippen LogP) is 0.972. The Balaban J connectivity index is 2.11. The molecule has 0 radical (unpaired) electrons. The van der Waals surface area contributed by atoms with Gasteiger partial charge in [0.25, 0.3) is 0 Å². The molecule has 3 heteroatoms. The van der Waals surface area contributed by atoms with Crippen LogP contribution in [0.3, 0.4) is 0 Å². The highest BCUT2D eigenvalue weighted by molar-refractivity contribution is 5.38. The number of benzene rings is 1. The molecule has 94 valence electrons. The molecular formula is C14H22N2O. The van der Waals surface area contributed by atoms with Crippen LogP contribution in [-0.2, 0) is 12.0 Å². The van der Waals surface area contributed by atoms with Gasteiger partial charge in [-0.25, -0.2) is 0 Å². The number of rotatable bonds is 5. The number of fused-ring (bicyclic) bond motifs is 1. The lowest BCUT2D eigenvalue weighted by Crippen LogP contribution is -2.46. The average Bonchev–Trinajstić information content (AvgIpc) is 2.69. The smallest absolute Gasteiger partial charge is 0.0675 e. The second-order valence-corrected chi connectivity index (χ2v) is 5.13. The van der Waals surface area contributed by atoms with E-state index in [-0.39, 0.29) is 12.1 Å². The Morgan fingerprint density at radius 1 is 1.35 bits per heavy atom. The molecule has 2 N–H and O–H groups in total. The molecule has 1 aromatic rings. The lowest BCUT2D eigenvalue weighted by Gasteiger charge is -2.30. The zero-order chi connectivity index (χ0) is 12.3. The molecular weight excluding hydrogens is 212 g/mol. The van der Waals surface area contributed by atoms with E-state index in [9.17, 15) is 5.11 Å². The van der Waals surface area contributed by atoms with Crippen molar-refractivity contribution in [2.24, 2.45) is 0 Å². The summed E-state index contributed by atoms with van der Waals surface area (Å²) in [4.78, 5) is 2.15. The van der Waals surface area contributed by atoms with Crippen molar-refractivity contribution in [3.05, 3.63) is 35.4 Å². The molecule has 0 amide bonds. The average molecular weight is 234 g/mol. The molecule has 0 saturated carbocycles. The summed E-state index contributed by atoms with van der Waals surface area (Å²) in [5.74, 6) is 0. The van der Waals surface area contributed by atoms with Gasteiger partial charge >= 0.3 is 0 Å². The molecule has 0 saturated heterocycles.